The molecule has 1 aliphatic heterocycles. The molecule has 0 amide bonds. The van der Waals surface area contributed by atoms with Crippen molar-refractivity contribution in [2.45, 2.75) is 45.8 Å². The molecule has 3 N–H and O–H groups in total. The second kappa shape index (κ2) is 10.7. The van der Waals surface area contributed by atoms with Gasteiger partial charge in [0.2, 0.25) is 0 Å². The normalized spacial score (nSPS) is 17.7. The molecule has 1 aromatic carbocycles. The minimum absolute atomic E-state index is 0. The van der Waals surface area contributed by atoms with Gasteiger partial charge in [0.15, 0.2) is 5.96 Å². The second-order valence-corrected chi connectivity index (χ2v) is 5.70. The van der Waals surface area contributed by atoms with Crippen LogP contribution in [0.2, 0.25) is 0 Å². The van der Waals surface area contributed by atoms with E-state index in [9.17, 15) is 0 Å². The lowest BCUT2D eigenvalue weighted by Crippen LogP contribution is -2.32. The summed E-state index contributed by atoms with van der Waals surface area (Å²) in [5.41, 5.74) is 8.11. The van der Waals surface area contributed by atoms with Gasteiger partial charge in [0.1, 0.15) is 11.9 Å². The van der Waals surface area contributed by atoms with Crippen LogP contribution in [0.3, 0.4) is 0 Å². The molecule has 1 heterocycles. The third kappa shape index (κ3) is 6.95. The number of aliphatic imine (C=N–C) groups is 1. The molecule has 0 radical (unpaired) electrons. The van der Waals surface area contributed by atoms with E-state index in [1.807, 2.05) is 0 Å². The summed E-state index contributed by atoms with van der Waals surface area (Å²) >= 11 is 0. The molecule has 1 aromatic rings. The number of rotatable bonds is 7. The molecule has 1 aliphatic rings. The summed E-state index contributed by atoms with van der Waals surface area (Å²) in [5.74, 6) is 1.38. The van der Waals surface area contributed by atoms with Gasteiger partial charge >= 0.3 is 0 Å². The van der Waals surface area contributed by atoms with Crippen LogP contribution in [0.15, 0.2) is 23.2 Å². The smallest absolute Gasteiger partial charge is 0.188 e. The molecule has 2 rings (SSSR count). The number of hydrogen-bond acceptors (Lipinski definition) is 3. The van der Waals surface area contributed by atoms with Crippen molar-refractivity contribution in [3.63, 3.8) is 0 Å². The van der Waals surface area contributed by atoms with Gasteiger partial charge in [-0.1, -0.05) is 25.5 Å². The van der Waals surface area contributed by atoms with Gasteiger partial charge in [0.05, 0.1) is 19.8 Å². The fourth-order valence-corrected chi connectivity index (χ4v) is 2.31. The summed E-state index contributed by atoms with van der Waals surface area (Å²) in [5, 5.41) is 3.12. The minimum atomic E-state index is 0. The number of aryl methyl sites for hydroxylation is 1. The van der Waals surface area contributed by atoms with Gasteiger partial charge in [-0.3, -0.25) is 0 Å². The van der Waals surface area contributed by atoms with Crippen LogP contribution in [0.5, 0.6) is 5.75 Å². The Hall–Kier alpha value is -1.02. The Morgan fingerprint density at radius 2 is 2.30 bits per heavy atom. The Kier molecular flexibility index (Phi) is 9.31. The molecule has 1 saturated heterocycles. The molecular weight excluding hydrogens is 405 g/mol. The van der Waals surface area contributed by atoms with E-state index in [1.165, 1.54) is 5.56 Å². The highest BCUT2D eigenvalue weighted by atomic mass is 127. The van der Waals surface area contributed by atoms with Crippen molar-refractivity contribution in [3.05, 3.63) is 29.3 Å². The summed E-state index contributed by atoms with van der Waals surface area (Å²) < 4.78 is 11.4. The molecule has 5 nitrogen and oxygen atoms in total. The van der Waals surface area contributed by atoms with Gasteiger partial charge < -0.3 is 20.5 Å². The van der Waals surface area contributed by atoms with Crippen LogP contribution in [0.1, 0.15) is 37.3 Å². The molecule has 1 unspecified atom stereocenters. The summed E-state index contributed by atoms with van der Waals surface area (Å²) in [6.45, 7) is 7.04. The molecule has 0 spiro atoms. The number of hydrogen-bond donors (Lipinski definition) is 2. The van der Waals surface area contributed by atoms with E-state index in [-0.39, 0.29) is 30.1 Å². The zero-order chi connectivity index (χ0) is 15.8. The first-order valence-electron chi connectivity index (χ1n) is 8.06. The highest BCUT2D eigenvalue weighted by molar-refractivity contribution is 14.0. The van der Waals surface area contributed by atoms with Gasteiger partial charge in [-0.2, -0.15) is 0 Å². The van der Waals surface area contributed by atoms with E-state index < -0.39 is 0 Å². The van der Waals surface area contributed by atoms with E-state index in [4.69, 9.17) is 15.2 Å². The Bertz CT molecular complexity index is 503. The SMILES string of the molecule is CCCCNC(N)=NCc1ccc(C)cc1OC1CCOC1.I. The molecule has 1 fully saturated rings. The first-order valence-corrected chi connectivity index (χ1v) is 8.06. The van der Waals surface area contributed by atoms with Crippen LogP contribution in [0, 0.1) is 6.92 Å². The molecular formula is C17H28IN3O2. The van der Waals surface area contributed by atoms with Crippen molar-refractivity contribution in [3.8, 4) is 5.75 Å². The van der Waals surface area contributed by atoms with Crippen molar-refractivity contribution < 1.29 is 9.47 Å². The quantitative estimate of drug-likeness (QED) is 0.300. The molecule has 0 bridgehead atoms. The molecule has 0 saturated carbocycles. The zero-order valence-corrected chi connectivity index (χ0v) is 16.3. The van der Waals surface area contributed by atoms with Crippen LogP contribution in [-0.4, -0.2) is 31.8 Å². The van der Waals surface area contributed by atoms with Gasteiger partial charge in [-0.25, -0.2) is 4.99 Å². The molecule has 23 heavy (non-hydrogen) atoms. The number of nitrogens with zero attached hydrogens (tertiary/aromatic N) is 1. The Labute approximate surface area is 156 Å². The summed E-state index contributed by atoms with van der Waals surface area (Å²) in [6.07, 6.45) is 3.32. The molecule has 1 atom stereocenters. The van der Waals surface area contributed by atoms with Gasteiger partial charge in [-0.05, 0) is 25.0 Å². The average molecular weight is 433 g/mol. The van der Waals surface area contributed by atoms with Crippen LogP contribution >= 0.6 is 24.0 Å². The maximum Gasteiger partial charge on any atom is 0.188 e. The lowest BCUT2D eigenvalue weighted by Gasteiger charge is -2.15. The number of halogens is 1. The monoisotopic (exact) mass is 433 g/mol. The number of nitrogens with one attached hydrogen (secondary N) is 1. The predicted octanol–water partition coefficient (Wildman–Crippen LogP) is 2.99. The maximum atomic E-state index is 6.06. The molecule has 130 valence electrons. The largest absolute Gasteiger partial charge is 0.488 e. The van der Waals surface area contributed by atoms with Crippen molar-refractivity contribution in [1.82, 2.24) is 5.32 Å². The second-order valence-electron chi connectivity index (χ2n) is 5.70. The Morgan fingerprint density at radius 1 is 1.48 bits per heavy atom. The predicted molar refractivity (Wildman–Crippen MR) is 105 cm³/mol. The summed E-state index contributed by atoms with van der Waals surface area (Å²) in [4.78, 5) is 4.40. The molecule has 0 aromatic heterocycles. The van der Waals surface area contributed by atoms with Crippen LogP contribution in [0.4, 0.5) is 0 Å². The van der Waals surface area contributed by atoms with Crippen LogP contribution in [-0.2, 0) is 11.3 Å². The van der Waals surface area contributed by atoms with Gasteiger partial charge in [-0.15, -0.1) is 24.0 Å². The highest BCUT2D eigenvalue weighted by Crippen LogP contribution is 2.24. The average Bonchev–Trinajstić information content (AvgIpc) is 3.00. The van der Waals surface area contributed by atoms with Crippen LogP contribution in [0.25, 0.3) is 0 Å². The van der Waals surface area contributed by atoms with E-state index in [2.05, 4.69) is 42.4 Å². The fraction of sp³-hybridized carbons (Fsp3) is 0.588. The van der Waals surface area contributed by atoms with Crippen LogP contribution < -0.4 is 15.8 Å². The topological polar surface area (TPSA) is 68.9 Å². The van der Waals surface area contributed by atoms with E-state index in [0.717, 1.165) is 43.7 Å². The Morgan fingerprint density at radius 3 is 3.00 bits per heavy atom. The standard InChI is InChI=1S/C17H27N3O2.HI/c1-3-4-8-19-17(18)20-11-14-6-5-13(2)10-16(14)22-15-7-9-21-12-15;/h5-6,10,15H,3-4,7-9,11-12H2,1-2H3,(H3,18,19,20);1H. The number of nitrogens with two attached hydrogens (primary N) is 1. The number of unbranched alkanes of at least 4 members (excludes halogenated alkanes) is 1. The van der Waals surface area contributed by atoms with Crippen molar-refractivity contribution in [2.75, 3.05) is 19.8 Å². The number of guanidine groups is 1. The van der Waals surface area contributed by atoms with Crippen molar-refractivity contribution in [1.29, 1.82) is 0 Å². The number of ether oxygens (including phenoxy) is 2. The summed E-state index contributed by atoms with van der Waals surface area (Å²) in [7, 11) is 0. The lowest BCUT2D eigenvalue weighted by molar-refractivity contribution is 0.140. The minimum Gasteiger partial charge on any atom is -0.488 e. The molecule has 6 heteroatoms. The molecule has 0 aliphatic carbocycles. The third-order valence-electron chi connectivity index (χ3n) is 3.66. The van der Waals surface area contributed by atoms with Gasteiger partial charge in [0, 0.05) is 18.5 Å². The van der Waals surface area contributed by atoms with E-state index in [0.29, 0.717) is 19.1 Å². The fourth-order valence-electron chi connectivity index (χ4n) is 2.31. The van der Waals surface area contributed by atoms with E-state index in [1.54, 1.807) is 0 Å². The zero-order valence-electron chi connectivity index (χ0n) is 14.0. The highest BCUT2D eigenvalue weighted by Gasteiger charge is 2.18. The lowest BCUT2D eigenvalue weighted by atomic mass is 10.1. The van der Waals surface area contributed by atoms with Gasteiger partial charge in [0.25, 0.3) is 0 Å². The van der Waals surface area contributed by atoms with Crippen molar-refractivity contribution in [2.24, 2.45) is 10.7 Å². The third-order valence-corrected chi connectivity index (χ3v) is 3.66. The first-order chi connectivity index (χ1) is 10.7. The first kappa shape index (κ1) is 20.0. The Balaban J connectivity index is 0.00000264. The summed E-state index contributed by atoms with van der Waals surface area (Å²) in [6, 6.07) is 6.19. The van der Waals surface area contributed by atoms with E-state index >= 15 is 0 Å². The maximum absolute atomic E-state index is 6.06. The van der Waals surface area contributed by atoms with Crippen molar-refractivity contribution >= 4 is 29.9 Å². The number of benzene rings is 1.